The second kappa shape index (κ2) is 7.43. The molecule has 3 N–H and O–H groups in total. The highest BCUT2D eigenvalue weighted by Crippen LogP contribution is 2.29. The van der Waals surface area contributed by atoms with Crippen LogP contribution in [0.15, 0.2) is 36.7 Å². The van der Waals surface area contributed by atoms with Crippen LogP contribution in [0.5, 0.6) is 5.75 Å². The van der Waals surface area contributed by atoms with E-state index in [2.05, 4.69) is 20.7 Å². The van der Waals surface area contributed by atoms with E-state index < -0.39 is 6.10 Å². The zero-order chi connectivity index (χ0) is 19.7. The van der Waals surface area contributed by atoms with Crippen LogP contribution in [0.3, 0.4) is 0 Å². The van der Waals surface area contributed by atoms with Gasteiger partial charge in [0.15, 0.2) is 5.65 Å². The molecule has 0 saturated heterocycles. The lowest BCUT2D eigenvalue weighted by Crippen LogP contribution is -2.36. The lowest BCUT2D eigenvalue weighted by molar-refractivity contribution is -0.121. The van der Waals surface area contributed by atoms with Crippen molar-refractivity contribution in [3.8, 4) is 5.75 Å². The van der Waals surface area contributed by atoms with E-state index in [9.17, 15) is 14.3 Å². The summed E-state index contributed by atoms with van der Waals surface area (Å²) in [7, 11) is 0. The molecule has 0 spiro atoms. The summed E-state index contributed by atoms with van der Waals surface area (Å²) in [4.78, 5) is 16.7. The van der Waals surface area contributed by atoms with Gasteiger partial charge in [-0.2, -0.15) is 5.10 Å². The van der Waals surface area contributed by atoms with E-state index in [0.29, 0.717) is 28.3 Å². The van der Waals surface area contributed by atoms with Gasteiger partial charge in [-0.3, -0.25) is 4.79 Å². The molecule has 146 valence electrons. The van der Waals surface area contributed by atoms with Crippen molar-refractivity contribution in [2.24, 2.45) is 0 Å². The van der Waals surface area contributed by atoms with Gasteiger partial charge < -0.3 is 20.5 Å². The lowest BCUT2D eigenvalue weighted by Gasteiger charge is -2.20. The number of aliphatic hydroxyl groups excluding tert-OH is 1. The van der Waals surface area contributed by atoms with Crippen LogP contribution >= 0.6 is 0 Å². The molecular weight excluding hydrogens is 365 g/mol. The van der Waals surface area contributed by atoms with Gasteiger partial charge in [-0.05, 0) is 31.2 Å². The summed E-state index contributed by atoms with van der Waals surface area (Å²) in [5.41, 5.74) is 1.82. The molecule has 3 heterocycles. The SMILES string of the molecule is C[C@H]1Nc2ccn3ncc(c3n2)CC(=O)NC[C@@H](O)COc2ccc(F)cc21. The van der Waals surface area contributed by atoms with Crippen molar-refractivity contribution in [3.63, 3.8) is 0 Å². The van der Waals surface area contributed by atoms with Gasteiger partial charge in [0, 0.05) is 23.9 Å². The molecule has 3 aromatic rings. The van der Waals surface area contributed by atoms with Gasteiger partial charge in [0.25, 0.3) is 0 Å². The van der Waals surface area contributed by atoms with Crippen LogP contribution < -0.4 is 15.4 Å². The van der Waals surface area contributed by atoms with Crippen molar-refractivity contribution >= 4 is 17.4 Å². The number of amides is 1. The Kier molecular flexibility index (Phi) is 4.82. The van der Waals surface area contributed by atoms with Crippen molar-refractivity contribution in [2.75, 3.05) is 18.5 Å². The number of ether oxygens (including phenoxy) is 1. The van der Waals surface area contributed by atoms with E-state index in [1.54, 1.807) is 23.0 Å². The molecule has 2 aromatic heterocycles. The molecule has 2 bridgehead atoms. The molecule has 0 radical (unpaired) electrons. The number of β-amino-alcohol motifs (C(OH)–C–C–N with tert-alkyl or cyclic N) is 1. The Morgan fingerprint density at radius 2 is 2.21 bits per heavy atom. The second-order valence-corrected chi connectivity index (χ2v) is 6.74. The van der Waals surface area contributed by atoms with Crippen molar-refractivity contribution in [1.82, 2.24) is 19.9 Å². The van der Waals surface area contributed by atoms with Gasteiger partial charge in [0.2, 0.25) is 5.91 Å². The van der Waals surface area contributed by atoms with Gasteiger partial charge >= 0.3 is 0 Å². The van der Waals surface area contributed by atoms with Crippen LogP contribution in [0.1, 0.15) is 24.1 Å². The topological polar surface area (TPSA) is 101 Å². The Morgan fingerprint density at radius 1 is 1.36 bits per heavy atom. The summed E-state index contributed by atoms with van der Waals surface area (Å²) in [6.07, 6.45) is 2.52. The number of hydrogen-bond acceptors (Lipinski definition) is 6. The average Bonchev–Trinajstić information content (AvgIpc) is 3.06. The van der Waals surface area contributed by atoms with E-state index in [0.717, 1.165) is 0 Å². The minimum Gasteiger partial charge on any atom is -0.490 e. The van der Waals surface area contributed by atoms with Crippen LogP contribution in [0, 0.1) is 5.82 Å². The average molecular weight is 385 g/mol. The predicted molar refractivity (Wildman–Crippen MR) is 99.6 cm³/mol. The van der Waals surface area contributed by atoms with Gasteiger partial charge in [-0.25, -0.2) is 13.9 Å². The fourth-order valence-electron chi connectivity index (χ4n) is 3.12. The monoisotopic (exact) mass is 385 g/mol. The lowest BCUT2D eigenvalue weighted by atomic mass is 10.1. The third-order valence-corrected chi connectivity index (χ3v) is 4.56. The van der Waals surface area contributed by atoms with E-state index in [1.165, 1.54) is 18.2 Å². The Morgan fingerprint density at radius 3 is 3.07 bits per heavy atom. The van der Waals surface area contributed by atoms with Crippen LogP contribution in [0.2, 0.25) is 0 Å². The Balaban J connectivity index is 1.74. The molecule has 1 amide bonds. The number of nitrogens with one attached hydrogen (secondary N) is 2. The minimum atomic E-state index is -0.901. The molecule has 1 aliphatic heterocycles. The number of aromatic nitrogens is 3. The summed E-state index contributed by atoms with van der Waals surface area (Å²) >= 11 is 0. The number of benzene rings is 1. The quantitative estimate of drug-likeness (QED) is 0.542. The van der Waals surface area contributed by atoms with Crippen LogP contribution in [0.25, 0.3) is 5.65 Å². The highest BCUT2D eigenvalue weighted by atomic mass is 19.1. The summed E-state index contributed by atoms with van der Waals surface area (Å²) < 4.78 is 21.1. The number of carbonyl (C=O) groups is 1. The fourth-order valence-corrected chi connectivity index (χ4v) is 3.12. The van der Waals surface area contributed by atoms with Gasteiger partial charge in [-0.15, -0.1) is 0 Å². The maximum Gasteiger partial charge on any atom is 0.224 e. The van der Waals surface area contributed by atoms with Crippen LogP contribution in [-0.2, 0) is 11.2 Å². The van der Waals surface area contributed by atoms with Gasteiger partial charge in [-0.1, -0.05) is 0 Å². The third kappa shape index (κ3) is 3.74. The van der Waals surface area contributed by atoms with Crippen LogP contribution in [0.4, 0.5) is 10.2 Å². The van der Waals surface area contributed by atoms with E-state index >= 15 is 0 Å². The van der Waals surface area contributed by atoms with Crippen molar-refractivity contribution in [1.29, 1.82) is 0 Å². The normalized spacial score (nSPS) is 20.5. The maximum absolute atomic E-state index is 13.8. The molecule has 2 atom stereocenters. The smallest absolute Gasteiger partial charge is 0.224 e. The largest absolute Gasteiger partial charge is 0.490 e. The molecule has 9 heteroatoms. The highest BCUT2D eigenvalue weighted by Gasteiger charge is 2.18. The molecule has 0 unspecified atom stereocenters. The molecule has 8 nitrogen and oxygen atoms in total. The first kappa shape index (κ1) is 18.2. The highest BCUT2D eigenvalue weighted by molar-refractivity contribution is 5.80. The van der Waals surface area contributed by atoms with E-state index in [4.69, 9.17) is 4.74 Å². The first-order valence-electron chi connectivity index (χ1n) is 8.96. The van der Waals surface area contributed by atoms with Gasteiger partial charge in [0.05, 0.1) is 18.7 Å². The second-order valence-electron chi connectivity index (χ2n) is 6.74. The summed E-state index contributed by atoms with van der Waals surface area (Å²) in [6, 6.07) is 5.66. The number of fused-ring (bicyclic) bond motifs is 2. The van der Waals surface area contributed by atoms with Crippen molar-refractivity contribution in [3.05, 3.63) is 53.6 Å². The van der Waals surface area contributed by atoms with Crippen molar-refractivity contribution in [2.45, 2.75) is 25.5 Å². The number of carbonyl (C=O) groups excluding carboxylic acids is 1. The summed E-state index contributed by atoms with van der Waals surface area (Å²) in [5, 5.41) is 20.2. The molecule has 4 rings (SSSR count). The summed E-state index contributed by atoms with van der Waals surface area (Å²) in [6.45, 7) is 1.88. The van der Waals surface area contributed by atoms with Crippen molar-refractivity contribution < 1.29 is 19.0 Å². The number of hydrogen-bond donors (Lipinski definition) is 3. The molecule has 0 saturated carbocycles. The van der Waals surface area contributed by atoms with Gasteiger partial charge in [0.1, 0.15) is 30.1 Å². The number of halogens is 1. The Hall–Kier alpha value is -3.20. The molecule has 0 fully saturated rings. The first-order chi connectivity index (χ1) is 13.5. The molecule has 0 aliphatic carbocycles. The van der Waals surface area contributed by atoms with Crippen LogP contribution in [-0.4, -0.2) is 44.9 Å². The zero-order valence-corrected chi connectivity index (χ0v) is 15.2. The summed E-state index contributed by atoms with van der Waals surface area (Å²) in [5.74, 6) is 0.378. The zero-order valence-electron chi connectivity index (χ0n) is 15.2. The number of aliphatic hydroxyl groups is 1. The third-order valence-electron chi connectivity index (χ3n) is 4.56. The predicted octanol–water partition coefficient (Wildman–Crippen LogP) is 1.45. The molecule has 1 aromatic carbocycles. The van der Waals surface area contributed by atoms with E-state index in [1.807, 2.05) is 6.92 Å². The number of anilines is 1. The minimum absolute atomic E-state index is 0.0321. The fraction of sp³-hybridized carbons (Fsp3) is 0.316. The molecule has 28 heavy (non-hydrogen) atoms. The van der Waals surface area contributed by atoms with E-state index in [-0.39, 0.29) is 37.3 Å². The molecule has 1 aliphatic rings. The number of rotatable bonds is 0. The Bertz CT molecular complexity index is 1020. The number of nitrogens with zero attached hydrogens (tertiary/aromatic N) is 3. The first-order valence-corrected chi connectivity index (χ1v) is 8.96. The standard InChI is InChI=1S/C19H20FN5O3/c1-11-15-7-13(20)2-3-16(15)28-10-14(26)9-21-18(27)6-12-8-22-25-5-4-17(23-11)24-19(12)25/h2-5,7-8,11,14,26H,6,9-10H2,1H3,(H,21,27)(H,23,24)/t11-,14-/m1/s1. The Labute approximate surface area is 160 Å². The molecular formula is C19H20FN5O3. The maximum atomic E-state index is 13.8.